The summed E-state index contributed by atoms with van der Waals surface area (Å²) >= 11 is 0. The van der Waals surface area contributed by atoms with E-state index in [-0.39, 0.29) is 18.3 Å². The van der Waals surface area contributed by atoms with Crippen molar-refractivity contribution in [2.75, 3.05) is 0 Å². The van der Waals surface area contributed by atoms with Crippen LogP contribution in [0.1, 0.15) is 33.7 Å². The number of carbonyl (C=O) groups excluding carboxylic acids is 1. The van der Waals surface area contributed by atoms with Gasteiger partial charge in [-0.25, -0.2) is 4.39 Å². The minimum atomic E-state index is -0.306. The molecule has 0 saturated heterocycles. The van der Waals surface area contributed by atoms with Crippen molar-refractivity contribution in [3.8, 4) is 0 Å². The maximum Gasteiger partial charge on any atom is 0.272 e. The van der Waals surface area contributed by atoms with Crippen LogP contribution in [0, 0.1) is 5.82 Å². The fourth-order valence-corrected chi connectivity index (χ4v) is 2.69. The maximum atomic E-state index is 13.5. The lowest BCUT2D eigenvalue weighted by molar-refractivity contribution is 0.0944. The monoisotopic (exact) mass is 273 g/mol. The first-order valence-electron chi connectivity index (χ1n) is 6.73. The molecular formula is C15H16FN3O. The van der Waals surface area contributed by atoms with Crippen LogP contribution < -0.4 is 5.32 Å². The number of aromatic nitrogens is 2. The molecule has 4 nitrogen and oxygen atoms in total. The number of hydrogen-bond donors (Lipinski definition) is 1. The largest absolute Gasteiger partial charge is 0.346 e. The van der Waals surface area contributed by atoms with E-state index in [0.29, 0.717) is 11.3 Å². The smallest absolute Gasteiger partial charge is 0.272 e. The second kappa shape index (κ2) is 5.07. The first-order valence-corrected chi connectivity index (χ1v) is 6.73. The summed E-state index contributed by atoms with van der Waals surface area (Å²) in [4.78, 5) is 12.2. The number of halogens is 1. The normalized spacial score (nSPS) is 13.3. The molecule has 2 aromatic rings. The van der Waals surface area contributed by atoms with Gasteiger partial charge in [-0.05, 0) is 25.3 Å². The molecule has 104 valence electrons. The number of hydrogen-bond acceptors (Lipinski definition) is 2. The molecule has 1 aromatic heterocycles. The van der Waals surface area contributed by atoms with Gasteiger partial charge >= 0.3 is 0 Å². The molecule has 1 aliphatic carbocycles. The van der Waals surface area contributed by atoms with Crippen molar-refractivity contribution in [2.24, 2.45) is 7.05 Å². The number of rotatable bonds is 3. The summed E-state index contributed by atoms with van der Waals surface area (Å²) in [5.41, 5.74) is 3.14. The molecule has 0 fully saturated rings. The molecule has 1 aliphatic rings. The third-order valence-electron chi connectivity index (χ3n) is 3.73. The number of aryl methyl sites for hydroxylation is 1. The zero-order valence-corrected chi connectivity index (χ0v) is 11.3. The van der Waals surface area contributed by atoms with Gasteiger partial charge in [0.25, 0.3) is 5.91 Å². The van der Waals surface area contributed by atoms with Gasteiger partial charge in [-0.1, -0.05) is 18.2 Å². The van der Waals surface area contributed by atoms with Crippen LogP contribution in [0.15, 0.2) is 24.3 Å². The van der Waals surface area contributed by atoms with E-state index in [1.165, 1.54) is 6.07 Å². The molecule has 0 spiro atoms. The van der Waals surface area contributed by atoms with Crippen LogP contribution in [-0.4, -0.2) is 15.7 Å². The predicted molar refractivity (Wildman–Crippen MR) is 72.8 cm³/mol. The summed E-state index contributed by atoms with van der Waals surface area (Å²) in [6, 6.07) is 6.44. The van der Waals surface area contributed by atoms with Crippen LogP contribution in [0.25, 0.3) is 0 Å². The Hall–Kier alpha value is -2.17. The molecule has 0 unspecified atom stereocenters. The number of nitrogens with zero attached hydrogens (tertiary/aromatic N) is 2. The van der Waals surface area contributed by atoms with Crippen molar-refractivity contribution in [2.45, 2.75) is 25.8 Å². The Labute approximate surface area is 116 Å². The van der Waals surface area contributed by atoms with Crippen molar-refractivity contribution in [3.05, 3.63) is 52.6 Å². The third-order valence-corrected chi connectivity index (χ3v) is 3.73. The molecule has 0 bridgehead atoms. The number of carbonyl (C=O) groups is 1. The summed E-state index contributed by atoms with van der Waals surface area (Å²) in [6.45, 7) is 0.177. The molecule has 20 heavy (non-hydrogen) atoms. The highest BCUT2D eigenvalue weighted by Crippen LogP contribution is 2.24. The zero-order valence-electron chi connectivity index (χ0n) is 11.3. The van der Waals surface area contributed by atoms with Crippen LogP contribution >= 0.6 is 0 Å². The minimum absolute atomic E-state index is 0.177. The Balaban J connectivity index is 1.75. The topological polar surface area (TPSA) is 46.9 Å². The summed E-state index contributed by atoms with van der Waals surface area (Å²) in [5, 5.41) is 7.02. The molecule has 0 atom stereocenters. The highest BCUT2D eigenvalue weighted by atomic mass is 19.1. The van der Waals surface area contributed by atoms with Crippen molar-refractivity contribution in [1.29, 1.82) is 0 Å². The minimum Gasteiger partial charge on any atom is -0.346 e. The molecule has 3 rings (SSSR count). The quantitative estimate of drug-likeness (QED) is 0.929. The SMILES string of the molecule is Cn1nc(C(=O)NCc2ccccc2F)c2c1CCC2. The first kappa shape index (κ1) is 12.8. The fourth-order valence-electron chi connectivity index (χ4n) is 2.69. The van der Waals surface area contributed by atoms with E-state index in [0.717, 1.165) is 30.5 Å². The fraction of sp³-hybridized carbons (Fsp3) is 0.333. The molecule has 0 radical (unpaired) electrons. The highest BCUT2D eigenvalue weighted by Gasteiger charge is 2.24. The van der Waals surface area contributed by atoms with E-state index in [1.807, 2.05) is 7.05 Å². The Morgan fingerprint density at radius 2 is 2.20 bits per heavy atom. The zero-order chi connectivity index (χ0) is 14.1. The summed E-state index contributed by atoms with van der Waals surface area (Å²) in [6.07, 6.45) is 2.93. The van der Waals surface area contributed by atoms with Gasteiger partial charge in [0.15, 0.2) is 5.69 Å². The van der Waals surface area contributed by atoms with Gasteiger partial charge in [-0.15, -0.1) is 0 Å². The van der Waals surface area contributed by atoms with Crippen LogP contribution in [0.5, 0.6) is 0 Å². The maximum absolute atomic E-state index is 13.5. The highest BCUT2D eigenvalue weighted by molar-refractivity contribution is 5.94. The number of fused-ring (bicyclic) bond motifs is 1. The van der Waals surface area contributed by atoms with Crippen LogP contribution in [0.4, 0.5) is 4.39 Å². The number of benzene rings is 1. The Bertz CT molecular complexity index is 663. The predicted octanol–water partition coefficient (Wildman–Crippen LogP) is 1.98. The van der Waals surface area contributed by atoms with Crippen LogP contribution in [-0.2, 0) is 26.4 Å². The lowest BCUT2D eigenvalue weighted by atomic mass is 10.2. The average molecular weight is 273 g/mol. The second-order valence-electron chi connectivity index (χ2n) is 5.03. The Morgan fingerprint density at radius 1 is 1.40 bits per heavy atom. The molecule has 1 N–H and O–H groups in total. The van der Waals surface area contributed by atoms with Crippen molar-refractivity contribution >= 4 is 5.91 Å². The second-order valence-corrected chi connectivity index (χ2v) is 5.03. The summed E-state index contributed by atoms with van der Waals surface area (Å²) < 4.78 is 15.3. The van der Waals surface area contributed by atoms with Gasteiger partial charge in [0.1, 0.15) is 5.82 Å². The summed E-state index contributed by atoms with van der Waals surface area (Å²) in [5.74, 6) is -0.536. The van der Waals surface area contributed by atoms with Gasteiger partial charge in [-0.3, -0.25) is 9.48 Å². The molecular weight excluding hydrogens is 257 g/mol. The van der Waals surface area contributed by atoms with Crippen molar-refractivity contribution < 1.29 is 9.18 Å². The van der Waals surface area contributed by atoms with E-state index in [1.54, 1.807) is 22.9 Å². The summed E-state index contributed by atoms with van der Waals surface area (Å²) in [7, 11) is 1.86. The van der Waals surface area contributed by atoms with Gasteiger partial charge in [0, 0.05) is 30.4 Å². The first-order chi connectivity index (χ1) is 9.66. The van der Waals surface area contributed by atoms with Gasteiger partial charge < -0.3 is 5.32 Å². The van der Waals surface area contributed by atoms with Crippen LogP contribution in [0.2, 0.25) is 0 Å². The van der Waals surface area contributed by atoms with E-state index in [2.05, 4.69) is 10.4 Å². The van der Waals surface area contributed by atoms with Gasteiger partial charge in [-0.2, -0.15) is 5.10 Å². The van der Waals surface area contributed by atoms with E-state index >= 15 is 0 Å². The standard InChI is InChI=1S/C15H16FN3O/c1-19-13-8-4-6-11(13)14(18-19)15(20)17-9-10-5-2-3-7-12(10)16/h2-3,5,7H,4,6,8-9H2,1H3,(H,17,20). The Kier molecular flexibility index (Phi) is 3.26. The van der Waals surface area contributed by atoms with E-state index in [4.69, 9.17) is 0 Å². The average Bonchev–Trinajstić information content (AvgIpc) is 3.02. The molecule has 0 aliphatic heterocycles. The molecule has 1 amide bonds. The molecule has 1 aromatic carbocycles. The van der Waals surface area contributed by atoms with E-state index < -0.39 is 0 Å². The van der Waals surface area contributed by atoms with Crippen molar-refractivity contribution in [3.63, 3.8) is 0 Å². The van der Waals surface area contributed by atoms with Crippen LogP contribution in [0.3, 0.4) is 0 Å². The molecule has 1 heterocycles. The lowest BCUT2D eigenvalue weighted by Crippen LogP contribution is -2.24. The molecule has 5 heteroatoms. The molecule has 0 saturated carbocycles. The Morgan fingerprint density at radius 3 is 3.00 bits per heavy atom. The van der Waals surface area contributed by atoms with Crippen molar-refractivity contribution in [1.82, 2.24) is 15.1 Å². The number of nitrogens with one attached hydrogen (secondary N) is 1. The van der Waals surface area contributed by atoms with Gasteiger partial charge in [0.2, 0.25) is 0 Å². The van der Waals surface area contributed by atoms with E-state index in [9.17, 15) is 9.18 Å². The van der Waals surface area contributed by atoms with Gasteiger partial charge in [0.05, 0.1) is 0 Å². The lowest BCUT2D eigenvalue weighted by Gasteiger charge is -2.05. The third kappa shape index (κ3) is 2.19. The number of amides is 1.